The quantitative estimate of drug-likeness (QED) is 0.142. The number of primary amides is 1. The van der Waals surface area contributed by atoms with Gasteiger partial charge in [0, 0.05) is 50.2 Å². The van der Waals surface area contributed by atoms with Crippen molar-refractivity contribution in [2.24, 2.45) is 11.7 Å². The summed E-state index contributed by atoms with van der Waals surface area (Å²) in [5.41, 5.74) is 7.20. The van der Waals surface area contributed by atoms with Crippen molar-refractivity contribution in [1.29, 1.82) is 0 Å². The first-order chi connectivity index (χ1) is 21.6. The summed E-state index contributed by atoms with van der Waals surface area (Å²) in [5.74, 6) is -1.23. The molecule has 0 spiro atoms. The minimum absolute atomic E-state index is 0.140. The van der Waals surface area contributed by atoms with Crippen molar-refractivity contribution in [3.63, 3.8) is 0 Å². The monoisotopic (exact) mass is 624 g/mol. The lowest BCUT2D eigenvalue weighted by atomic mass is 9.94. The smallest absolute Gasteiger partial charge is 0.312 e. The van der Waals surface area contributed by atoms with Crippen LogP contribution in [0.15, 0.2) is 48.7 Å². The molecule has 5 amide bonds. The van der Waals surface area contributed by atoms with E-state index in [1.54, 1.807) is 38.6 Å². The second-order valence-electron chi connectivity index (χ2n) is 11.4. The van der Waals surface area contributed by atoms with Gasteiger partial charge in [-0.1, -0.05) is 25.1 Å². The molecule has 2 heterocycles. The number of pyridine rings is 1. The fourth-order valence-electron chi connectivity index (χ4n) is 5.61. The van der Waals surface area contributed by atoms with Crippen LogP contribution in [0.5, 0.6) is 0 Å². The predicted molar refractivity (Wildman–Crippen MR) is 172 cm³/mol. The van der Waals surface area contributed by atoms with Gasteiger partial charge in [0.25, 0.3) is 0 Å². The number of nitrogens with zero attached hydrogens (tertiary/aromatic N) is 2. The standard InChI is InChI=1S/C32H48N8O5/c1-21(28(45-4)27-11-8-18-40(27)3)29(41)39-26(19-24-9-5-6-16-35-24)30(42)37-20-22-12-14-23(15-13-22)38-31(43)25(34-2)10-7-17-36-32(33)44/h5-6,9,12-16,21,25-28,34H,7-8,10-11,17-20H2,1-4H3,(H,37,42)(H,38,43)(H,39,41)(H3,33,36,44). The lowest BCUT2D eigenvalue weighted by Gasteiger charge is -2.32. The van der Waals surface area contributed by atoms with E-state index in [-0.39, 0.29) is 42.8 Å². The molecule has 3 rings (SSSR count). The summed E-state index contributed by atoms with van der Waals surface area (Å²) in [6.45, 7) is 3.42. The van der Waals surface area contributed by atoms with Crippen LogP contribution in [0.3, 0.4) is 0 Å². The summed E-state index contributed by atoms with van der Waals surface area (Å²) in [6, 6.07) is 10.9. The third-order valence-electron chi connectivity index (χ3n) is 8.23. The van der Waals surface area contributed by atoms with Crippen molar-refractivity contribution in [3.8, 4) is 0 Å². The molecule has 0 aliphatic carbocycles. The van der Waals surface area contributed by atoms with Crippen LogP contribution in [0.4, 0.5) is 10.5 Å². The molecule has 5 atom stereocenters. The molecule has 0 bridgehead atoms. The largest absolute Gasteiger partial charge is 0.379 e. The van der Waals surface area contributed by atoms with E-state index in [1.165, 1.54) is 0 Å². The highest BCUT2D eigenvalue weighted by Gasteiger charge is 2.37. The topological polar surface area (TPSA) is 180 Å². The summed E-state index contributed by atoms with van der Waals surface area (Å²) in [7, 11) is 5.37. The van der Waals surface area contributed by atoms with Crippen LogP contribution >= 0.6 is 0 Å². The number of anilines is 1. The molecule has 1 aromatic carbocycles. The highest BCUT2D eigenvalue weighted by molar-refractivity contribution is 5.94. The minimum atomic E-state index is -0.830. The van der Waals surface area contributed by atoms with Crippen molar-refractivity contribution in [2.75, 3.05) is 39.6 Å². The number of hydrogen-bond acceptors (Lipinski definition) is 8. The van der Waals surface area contributed by atoms with Gasteiger partial charge in [-0.3, -0.25) is 19.4 Å². The van der Waals surface area contributed by atoms with E-state index in [0.29, 0.717) is 30.8 Å². The van der Waals surface area contributed by atoms with Gasteiger partial charge in [-0.05, 0) is 76.2 Å². The van der Waals surface area contributed by atoms with Crippen LogP contribution in [0.1, 0.15) is 43.9 Å². The zero-order valence-corrected chi connectivity index (χ0v) is 26.7. The molecule has 1 fully saturated rings. The second-order valence-corrected chi connectivity index (χ2v) is 11.4. The van der Waals surface area contributed by atoms with Crippen molar-refractivity contribution < 1.29 is 23.9 Å². The minimum Gasteiger partial charge on any atom is -0.379 e. The van der Waals surface area contributed by atoms with Crippen LogP contribution in [-0.4, -0.2) is 92.2 Å². The number of nitrogens with one attached hydrogen (secondary N) is 5. The van der Waals surface area contributed by atoms with E-state index in [1.807, 2.05) is 38.2 Å². The average Bonchev–Trinajstić information content (AvgIpc) is 3.45. The number of carbonyl (C=O) groups excluding carboxylic acids is 4. The fraction of sp³-hybridized carbons (Fsp3) is 0.531. The Morgan fingerprint density at radius 2 is 1.80 bits per heavy atom. The Morgan fingerprint density at radius 1 is 1.04 bits per heavy atom. The maximum absolute atomic E-state index is 13.4. The summed E-state index contributed by atoms with van der Waals surface area (Å²) in [4.78, 5) is 56.9. The first kappa shape index (κ1) is 35.4. The van der Waals surface area contributed by atoms with Crippen LogP contribution in [0.25, 0.3) is 0 Å². The third-order valence-corrected chi connectivity index (χ3v) is 8.23. The van der Waals surface area contributed by atoms with Gasteiger partial charge in [0.2, 0.25) is 17.7 Å². The molecule has 5 unspecified atom stereocenters. The molecular formula is C32H48N8O5. The molecular weight excluding hydrogens is 576 g/mol. The Morgan fingerprint density at radius 3 is 2.40 bits per heavy atom. The number of carbonyl (C=O) groups is 4. The number of amides is 5. The van der Waals surface area contributed by atoms with Gasteiger partial charge in [0.1, 0.15) is 6.04 Å². The molecule has 7 N–H and O–H groups in total. The molecule has 1 saturated heterocycles. The first-order valence-corrected chi connectivity index (χ1v) is 15.4. The summed E-state index contributed by atoms with van der Waals surface area (Å²) in [6.07, 6.45) is 4.73. The van der Waals surface area contributed by atoms with Gasteiger partial charge < -0.3 is 42.0 Å². The normalized spacial score (nSPS) is 17.5. The van der Waals surface area contributed by atoms with Crippen LogP contribution in [0.2, 0.25) is 0 Å². The van der Waals surface area contributed by atoms with E-state index in [9.17, 15) is 19.2 Å². The maximum atomic E-state index is 13.4. The van der Waals surface area contributed by atoms with Gasteiger partial charge in [-0.25, -0.2) is 4.79 Å². The number of aromatic nitrogens is 1. The van der Waals surface area contributed by atoms with Crippen LogP contribution in [-0.2, 0) is 32.1 Å². The van der Waals surface area contributed by atoms with Gasteiger partial charge in [-0.2, -0.15) is 0 Å². The summed E-state index contributed by atoms with van der Waals surface area (Å²) < 4.78 is 5.77. The van der Waals surface area contributed by atoms with Crippen molar-refractivity contribution >= 4 is 29.4 Å². The highest BCUT2D eigenvalue weighted by atomic mass is 16.5. The van der Waals surface area contributed by atoms with Crippen LogP contribution in [0, 0.1) is 5.92 Å². The van der Waals surface area contributed by atoms with Crippen molar-refractivity contribution in [3.05, 3.63) is 59.9 Å². The van der Waals surface area contributed by atoms with E-state index in [4.69, 9.17) is 10.5 Å². The van der Waals surface area contributed by atoms with Gasteiger partial charge in [0.15, 0.2) is 0 Å². The van der Waals surface area contributed by atoms with E-state index in [2.05, 4.69) is 36.5 Å². The van der Waals surface area contributed by atoms with Gasteiger partial charge >= 0.3 is 6.03 Å². The lowest BCUT2D eigenvalue weighted by Crippen LogP contribution is -2.53. The Labute approximate surface area is 265 Å². The Bertz CT molecular complexity index is 1250. The zero-order chi connectivity index (χ0) is 32.8. The van der Waals surface area contributed by atoms with Crippen LogP contribution < -0.4 is 32.3 Å². The SMILES string of the molecule is CNC(CCCNC(N)=O)C(=O)Nc1ccc(CNC(=O)C(Cc2ccccn2)NC(=O)C(C)C(OC)C2CCCN2C)cc1. The number of rotatable bonds is 17. The highest BCUT2D eigenvalue weighted by Crippen LogP contribution is 2.25. The van der Waals surface area contributed by atoms with E-state index in [0.717, 1.165) is 24.9 Å². The molecule has 45 heavy (non-hydrogen) atoms. The fourth-order valence-corrected chi connectivity index (χ4v) is 5.61. The Kier molecular flexibility index (Phi) is 14.2. The van der Waals surface area contributed by atoms with Gasteiger partial charge in [0.05, 0.1) is 18.1 Å². The first-order valence-electron chi connectivity index (χ1n) is 15.4. The maximum Gasteiger partial charge on any atom is 0.312 e. The number of likely N-dealkylation sites (tertiary alicyclic amines) is 1. The zero-order valence-electron chi connectivity index (χ0n) is 26.7. The number of urea groups is 1. The molecule has 246 valence electrons. The summed E-state index contributed by atoms with van der Waals surface area (Å²) in [5, 5.41) is 14.3. The number of benzene rings is 1. The molecule has 13 nitrogen and oxygen atoms in total. The molecule has 2 aromatic rings. The van der Waals surface area contributed by atoms with Crippen molar-refractivity contribution in [2.45, 2.75) is 69.8 Å². The lowest BCUT2D eigenvalue weighted by molar-refractivity contribution is -0.135. The molecule has 0 radical (unpaired) electrons. The second kappa shape index (κ2) is 18.0. The van der Waals surface area contributed by atoms with E-state index >= 15 is 0 Å². The average molecular weight is 625 g/mol. The molecule has 13 heteroatoms. The predicted octanol–water partition coefficient (Wildman–Crippen LogP) is 1.15. The molecule has 1 aliphatic rings. The number of nitrogens with two attached hydrogens (primary N) is 1. The number of ether oxygens (including phenoxy) is 1. The van der Waals surface area contributed by atoms with Crippen molar-refractivity contribution in [1.82, 2.24) is 31.2 Å². The Balaban J connectivity index is 1.58. The van der Waals surface area contributed by atoms with Gasteiger partial charge in [-0.15, -0.1) is 0 Å². The molecule has 1 aliphatic heterocycles. The Hall–Kier alpha value is -4.07. The number of hydrogen-bond donors (Lipinski definition) is 6. The number of methoxy groups -OCH3 is 1. The number of likely N-dealkylation sites (N-methyl/N-ethyl adjacent to an activating group) is 2. The molecule has 1 aromatic heterocycles. The summed E-state index contributed by atoms with van der Waals surface area (Å²) >= 11 is 0. The molecule has 0 saturated carbocycles. The third kappa shape index (κ3) is 11.1. The van der Waals surface area contributed by atoms with E-state index < -0.39 is 24.0 Å².